The van der Waals surface area contributed by atoms with E-state index in [9.17, 15) is 14.0 Å². The smallest absolute Gasteiger partial charge is 0.412 e. The van der Waals surface area contributed by atoms with Crippen molar-refractivity contribution in [1.82, 2.24) is 5.32 Å². The summed E-state index contributed by atoms with van der Waals surface area (Å²) in [6.45, 7) is 10.5. The molecule has 0 aromatic heterocycles. The van der Waals surface area contributed by atoms with Crippen LogP contribution in [0.1, 0.15) is 44.4 Å². The predicted octanol–water partition coefficient (Wildman–Crippen LogP) is 3.87. The van der Waals surface area contributed by atoms with Crippen LogP contribution in [0.15, 0.2) is 17.8 Å². The highest BCUT2D eigenvalue weighted by Crippen LogP contribution is 2.18. The number of benzene rings is 1. The molecule has 0 atom stereocenters. The molecule has 5 nitrogen and oxygen atoms in total. The monoisotopic (exact) mass is 337 g/mol. The minimum atomic E-state index is -0.814. The molecule has 0 bridgehead atoms. The zero-order chi connectivity index (χ0) is 18.5. The summed E-state index contributed by atoms with van der Waals surface area (Å²) in [5.41, 5.74) is 0.922. The molecule has 0 aliphatic heterocycles. The number of nitrogens with one attached hydrogen (secondary N) is 1. The van der Waals surface area contributed by atoms with Crippen LogP contribution in [0.25, 0.3) is 6.08 Å². The highest BCUT2D eigenvalue weighted by atomic mass is 19.1. The first kappa shape index (κ1) is 19.7. The molecule has 0 spiro atoms. The number of hydrogen-bond donors (Lipinski definition) is 1. The van der Waals surface area contributed by atoms with Gasteiger partial charge in [-0.15, -0.1) is 0 Å². The molecule has 1 rings (SSSR count). The molecule has 0 unspecified atom stereocenters. The number of amides is 1. The van der Waals surface area contributed by atoms with Gasteiger partial charge in [0.05, 0.1) is 6.61 Å². The van der Waals surface area contributed by atoms with E-state index in [1.807, 2.05) is 6.92 Å². The molecule has 0 aliphatic carbocycles. The van der Waals surface area contributed by atoms with Crippen LogP contribution < -0.4 is 5.32 Å². The fourth-order valence-corrected chi connectivity index (χ4v) is 1.84. The quantitative estimate of drug-likeness (QED) is 0.669. The Balaban J connectivity index is 3.16. The van der Waals surface area contributed by atoms with Crippen LogP contribution in [0.2, 0.25) is 0 Å². The predicted molar refractivity (Wildman–Crippen MR) is 89.9 cm³/mol. The Morgan fingerprint density at radius 3 is 2.33 bits per heavy atom. The summed E-state index contributed by atoms with van der Waals surface area (Å²) in [7, 11) is 0. The van der Waals surface area contributed by atoms with Gasteiger partial charge in [-0.25, -0.2) is 14.0 Å². The van der Waals surface area contributed by atoms with Crippen LogP contribution in [0, 0.1) is 19.7 Å². The highest BCUT2D eigenvalue weighted by molar-refractivity contribution is 5.96. The molecular formula is C18H24FNO4. The first-order chi connectivity index (χ1) is 11.0. The van der Waals surface area contributed by atoms with Crippen LogP contribution in [0.5, 0.6) is 0 Å². The Bertz CT molecular complexity index is 660. The largest absolute Gasteiger partial charge is 0.461 e. The van der Waals surface area contributed by atoms with E-state index < -0.39 is 23.5 Å². The minimum Gasteiger partial charge on any atom is -0.461 e. The van der Waals surface area contributed by atoms with Gasteiger partial charge in [-0.2, -0.15) is 0 Å². The molecule has 0 aliphatic rings. The van der Waals surface area contributed by atoms with Gasteiger partial charge in [-0.1, -0.05) is 0 Å². The Hall–Kier alpha value is -2.37. The van der Waals surface area contributed by atoms with Crippen molar-refractivity contribution < 1.29 is 23.5 Å². The maximum atomic E-state index is 14.1. The Morgan fingerprint density at radius 2 is 1.79 bits per heavy atom. The van der Waals surface area contributed by atoms with E-state index in [2.05, 4.69) is 5.32 Å². The number of hydrogen-bond acceptors (Lipinski definition) is 4. The molecule has 132 valence electrons. The second-order valence-corrected chi connectivity index (χ2v) is 6.36. The van der Waals surface area contributed by atoms with Gasteiger partial charge < -0.3 is 9.47 Å². The number of carbonyl (C=O) groups is 2. The Kier molecular flexibility index (Phi) is 6.51. The summed E-state index contributed by atoms with van der Waals surface area (Å²) in [6, 6.07) is 2.97. The van der Waals surface area contributed by atoms with E-state index >= 15 is 0 Å². The molecule has 0 saturated carbocycles. The molecule has 24 heavy (non-hydrogen) atoms. The Labute approximate surface area is 141 Å². The van der Waals surface area contributed by atoms with Gasteiger partial charge in [0.1, 0.15) is 17.1 Å². The number of alkyl carbamates (subject to hydrolysis) is 1. The average Bonchev–Trinajstić information content (AvgIpc) is 2.42. The second-order valence-electron chi connectivity index (χ2n) is 6.36. The van der Waals surface area contributed by atoms with Crippen LogP contribution in [-0.4, -0.2) is 24.3 Å². The van der Waals surface area contributed by atoms with Crippen LogP contribution >= 0.6 is 0 Å². The maximum Gasteiger partial charge on any atom is 0.412 e. The summed E-state index contributed by atoms with van der Waals surface area (Å²) >= 11 is 0. The normalized spacial score (nSPS) is 11.9. The van der Waals surface area contributed by atoms with Crippen LogP contribution in [-0.2, 0) is 14.3 Å². The molecule has 6 heteroatoms. The lowest BCUT2D eigenvalue weighted by Crippen LogP contribution is -2.34. The van der Waals surface area contributed by atoms with Gasteiger partial charge in [-0.3, -0.25) is 5.32 Å². The van der Waals surface area contributed by atoms with E-state index in [-0.39, 0.29) is 17.9 Å². The number of ether oxygens (including phenoxy) is 2. The van der Waals surface area contributed by atoms with Crippen molar-refractivity contribution in [2.24, 2.45) is 0 Å². The van der Waals surface area contributed by atoms with Gasteiger partial charge in [-0.05, 0) is 70.9 Å². The molecule has 0 heterocycles. The highest BCUT2D eigenvalue weighted by Gasteiger charge is 2.21. The fraction of sp³-hybridized carbons (Fsp3) is 0.444. The SMILES string of the molecule is CCOC(=O)/C(=C/c1cc(C)c(C)cc1F)NC(=O)OC(C)(C)C. The molecule has 0 fully saturated rings. The average molecular weight is 337 g/mol. The lowest BCUT2D eigenvalue weighted by molar-refractivity contribution is -0.138. The topological polar surface area (TPSA) is 64.6 Å². The van der Waals surface area contributed by atoms with Gasteiger partial charge in [0.25, 0.3) is 0 Å². The summed E-state index contributed by atoms with van der Waals surface area (Å²) < 4.78 is 24.1. The van der Waals surface area contributed by atoms with E-state index in [4.69, 9.17) is 9.47 Å². The van der Waals surface area contributed by atoms with Gasteiger partial charge in [0, 0.05) is 5.56 Å². The zero-order valence-electron chi connectivity index (χ0n) is 15.0. The second kappa shape index (κ2) is 7.95. The number of aryl methyl sites for hydroxylation is 2. The van der Waals surface area contributed by atoms with Gasteiger partial charge >= 0.3 is 12.1 Å². The van der Waals surface area contributed by atoms with Crippen molar-refractivity contribution in [3.8, 4) is 0 Å². The van der Waals surface area contributed by atoms with E-state index in [0.717, 1.165) is 11.1 Å². The molecule has 0 saturated heterocycles. The van der Waals surface area contributed by atoms with Crippen molar-refractivity contribution in [2.75, 3.05) is 6.61 Å². The van der Waals surface area contributed by atoms with Crippen LogP contribution in [0.3, 0.4) is 0 Å². The first-order valence-electron chi connectivity index (χ1n) is 7.69. The standard InChI is InChI=1S/C18H24FNO4/c1-7-23-16(21)15(20-17(22)24-18(4,5)6)10-13-8-11(2)12(3)9-14(13)19/h8-10H,7H2,1-6H3,(H,20,22)/b15-10-. The summed E-state index contributed by atoms with van der Waals surface area (Å²) in [5, 5.41) is 2.33. The van der Waals surface area contributed by atoms with Crippen molar-refractivity contribution in [3.63, 3.8) is 0 Å². The van der Waals surface area contributed by atoms with E-state index in [0.29, 0.717) is 0 Å². The molecule has 1 amide bonds. The molecule has 1 aromatic rings. The van der Waals surface area contributed by atoms with Crippen molar-refractivity contribution >= 4 is 18.1 Å². The summed E-state index contributed by atoms with van der Waals surface area (Å²) in [4.78, 5) is 23.9. The third-order valence-corrected chi connectivity index (χ3v) is 3.04. The lowest BCUT2D eigenvalue weighted by Gasteiger charge is -2.20. The van der Waals surface area contributed by atoms with Crippen molar-refractivity contribution in [3.05, 3.63) is 40.3 Å². The third kappa shape index (κ3) is 6.02. The Morgan fingerprint density at radius 1 is 1.21 bits per heavy atom. The van der Waals surface area contributed by atoms with Gasteiger partial charge in [0.15, 0.2) is 0 Å². The van der Waals surface area contributed by atoms with E-state index in [1.54, 1.807) is 40.7 Å². The van der Waals surface area contributed by atoms with E-state index in [1.165, 1.54) is 12.1 Å². The molecule has 0 radical (unpaired) electrons. The van der Waals surface area contributed by atoms with Gasteiger partial charge in [0.2, 0.25) is 0 Å². The molecular weight excluding hydrogens is 313 g/mol. The van der Waals surface area contributed by atoms with Crippen molar-refractivity contribution in [1.29, 1.82) is 0 Å². The van der Waals surface area contributed by atoms with Crippen LogP contribution in [0.4, 0.5) is 9.18 Å². The number of carbonyl (C=O) groups excluding carboxylic acids is 2. The lowest BCUT2D eigenvalue weighted by atomic mass is 10.0. The maximum absolute atomic E-state index is 14.1. The summed E-state index contributed by atoms with van der Waals surface area (Å²) in [6.07, 6.45) is 0.426. The summed E-state index contributed by atoms with van der Waals surface area (Å²) in [5.74, 6) is -1.26. The third-order valence-electron chi connectivity index (χ3n) is 3.04. The first-order valence-corrected chi connectivity index (χ1v) is 7.69. The van der Waals surface area contributed by atoms with Crippen molar-refractivity contribution in [2.45, 2.75) is 47.1 Å². The molecule has 1 N–H and O–H groups in total. The number of rotatable bonds is 4. The molecule has 1 aromatic carbocycles. The fourth-order valence-electron chi connectivity index (χ4n) is 1.84. The number of esters is 1. The minimum absolute atomic E-state index is 0.127. The number of halogens is 1. The zero-order valence-corrected chi connectivity index (χ0v) is 15.0.